The summed E-state index contributed by atoms with van der Waals surface area (Å²) in [6.07, 6.45) is 2.80. The van der Waals surface area contributed by atoms with E-state index in [2.05, 4.69) is 70.6 Å². The van der Waals surface area contributed by atoms with Crippen LogP contribution < -0.4 is 0 Å². The Morgan fingerprint density at radius 1 is 0.250 bits per heavy atom. The van der Waals surface area contributed by atoms with E-state index in [9.17, 15) is 0 Å². The molecule has 0 unspecified atom stereocenters. The van der Waals surface area contributed by atoms with Crippen molar-refractivity contribution in [2.45, 2.75) is 12.8 Å². The molecule has 1 aliphatic heterocycles. The molecule has 1 saturated heterocycles. The molecule has 0 aromatic heterocycles. The molecule has 0 radical (unpaired) electrons. The first kappa shape index (κ1) is 20.1. The monoisotopic (exact) mass is 388 g/mol. The Labute approximate surface area is 151 Å². The molecule has 0 bridgehead atoms. The molecule has 1 aliphatic rings. The minimum atomic E-state index is 1.35. The van der Waals surface area contributed by atoms with Gasteiger partial charge < -0.3 is 0 Å². The van der Waals surface area contributed by atoms with Gasteiger partial charge >= 0.3 is 0 Å². The summed E-state index contributed by atoms with van der Waals surface area (Å²) < 4.78 is 0. The maximum Gasteiger partial charge on any atom is 0.00238 e. The normalized spacial score (nSPS) is 24.0. The van der Waals surface area contributed by atoms with E-state index in [1.54, 1.807) is 0 Å². The largest absolute Gasteiger partial charge is 0.161 e. The second kappa shape index (κ2) is 17.5. The Balaban J connectivity index is 2.00. The van der Waals surface area contributed by atoms with Gasteiger partial charge in [0.25, 0.3) is 0 Å². The summed E-state index contributed by atoms with van der Waals surface area (Å²) in [7, 11) is 0. The van der Waals surface area contributed by atoms with Crippen molar-refractivity contribution >= 4 is 70.6 Å². The van der Waals surface area contributed by atoms with Gasteiger partial charge in [-0.1, -0.05) is 0 Å². The van der Waals surface area contributed by atoms with Crippen molar-refractivity contribution in [3.8, 4) is 0 Å². The van der Waals surface area contributed by atoms with Gasteiger partial charge in [0, 0.05) is 46.0 Å². The molecule has 0 aromatic rings. The van der Waals surface area contributed by atoms with Crippen LogP contribution in [0.2, 0.25) is 0 Å². The minimum absolute atomic E-state index is 1.35. The average molecular weight is 389 g/mol. The molecule has 0 spiro atoms. The standard InChI is InChI=1S/C14H28S6/c1-3-15-7-8-16-4-2-6-18-10-12-20-14-13-19-11-9-17-5-1/h1-14H2. The Morgan fingerprint density at radius 3 is 0.700 bits per heavy atom. The van der Waals surface area contributed by atoms with E-state index in [4.69, 9.17) is 0 Å². The molecule has 1 fully saturated rings. The van der Waals surface area contributed by atoms with E-state index in [0.717, 1.165) is 0 Å². The molecule has 0 aliphatic carbocycles. The molecule has 1 rings (SSSR count). The molecule has 0 atom stereocenters. The maximum absolute atomic E-state index is 2.16. The number of hydrogen-bond acceptors (Lipinski definition) is 6. The zero-order valence-electron chi connectivity index (χ0n) is 12.3. The van der Waals surface area contributed by atoms with Crippen LogP contribution in [-0.4, -0.2) is 69.0 Å². The van der Waals surface area contributed by atoms with Crippen LogP contribution in [-0.2, 0) is 0 Å². The average Bonchev–Trinajstić information content (AvgIpc) is 2.46. The molecule has 0 saturated carbocycles. The van der Waals surface area contributed by atoms with Crippen LogP contribution in [0.25, 0.3) is 0 Å². The fourth-order valence-corrected chi connectivity index (χ4v) is 8.37. The van der Waals surface area contributed by atoms with Gasteiger partial charge in [0.15, 0.2) is 0 Å². The lowest BCUT2D eigenvalue weighted by Crippen LogP contribution is -1.96. The van der Waals surface area contributed by atoms with Crippen LogP contribution in [0.4, 0.5) is 0 Å². The molecule has 0 aromatic carbocycles. The van der Waals surface area contributed by atoms with Gasteiger partial charge in [-0.15, -0.1) is 0 Å². The summed E-state index contributed by atoms with van der Waals surface area (Å²) in [5.74, 6) is 16.3. The molecule has 6 heteroatoms. The summed E-state index contributed by atoms with van der Waals surface area (Å²) in [4.78, 5) is 0. The Kier molecular flexibility index (Phi) is 17.6. The summed E-state index contributed by atoms with van der Waals surface area (Å²) >= 11 is 12.9. The van der Waals surface area contributed by atoms with Crippen molar-refractivity contribution in [1.29, 1.82) is 0 Å². The number of rotatable bonds is 0. The van der Waals surface area contributed by atoms with Gasteiger partial charge in [0.05, 0.1) is 0 Å². The second-order valence-electron chi connectivity index (χ2n) is 4.38. The molecular weight excluding hydrogens is 361 g/mol. The molecule has 20 heavy (non-hydrogen) atoms. The highest BCUT2D eigenvalue weighted by Crippen LogP contribution is 2.16. The first-order valence-corrected chi connectivity index (χ1v) is 14.4. The van der Waals surface area contributed by atoms with Gasteiger partial charge in [-0.05, 0) is 35.9 Å². The smallest absolute Gasteiger partial charge is 0.00238 e. The molecule has 120 valence electrons. The summed E-state index contributed by atoms with van der Waals surface area (Å²) in [5.41, 5.74) is 0. The predicted molar refractivity (Wildman–Crippen MR) is 113 cm³/mol. The summed E-state index contributed by atoms with van der Waals surface area (Å²) in [5, 5.41) is 0. The quantitative estimate of drug-likeness (QED) is 0.557. The Morgan fingerprint density at radius 2 is 0.450 bits per heavy atom. The molecule has 0 amide bonds. The maximum atomic E-state index is 2.16. The van der Waals surface area contributed by atoms with Crippen LogP contribution in [0, 0.1) is 0 Å². The van der Waals surface area contributed by atoms with Crippen molar-refractivity contribution in [2.75, 3.05) is 69.0 Å². The third-order valence-electron chi connectivity index (χ3n) is 2.64. The second-order valence-corrected chi connectivity index (χ2v) is 11.7. The van der Waals surface area contributed by atoms with E-state index >= 15 is 0 Å². The first-order chi connectivity index (χ1) is 10.0. The highest BCUT2D eigenvalue weighted by atomic mass is 32.2. The van der Waals surface area contributed by atoms with Crippen molar-refractivity contribution in [3.63, 3.8) is 0 Å². The lowest BCUT2D eigenvalue weighted by atomic mass is 10.6. The van der Waals surface area contributed by atoms with Crippen molar-refractivity contribution in [1.82, 2.24) is 0 Å². The SMILES string of the molecule is C1CSCCSCCCSCCSCCSCCSC1. The van der Waals surface area contributed by atoms with E-state index in [-0.39, 0.29) is 0 Å². The van der Waals surface area contributed by atoms with Gasteiger partial charge in [0.2, 0.25) is 0 Å². The van der Waals surface area contributed by atoms with E-state index in [0.29, 0.717) is 0 Å². The number of thioether (sulfide) groups is 6. The first-order valence-electron chi connectivity index (χ1n) is 7.46. The summed E-state index contributed by atoms with van der Waals surface area (Å²) in [6.45, 7) is 0. The lowest BCUT2D eigenvalue weighted by molar-refractivity contribution is 1.12. The lowest BCUT2D eigenvalue weighted by Gasteiger charge is -2.05. The zero-order chi connectivity index (χ0) is 14.1. The van der Waals surface area contributed by atoms with Crippen LogP contribution in [0.3, 0.4) is 0 Å². The zero-order valence-corrected chi connectivity index (χ0v) is 17.2. The van der Waals surface area contributed by atoms with Crippen molar-refractivity contribution in [3.05, 3.63) is 0 Å². The molecular formula is C14H28S6. The highest BCUT2D eigenvalue weighted by Gasteiger charge is 1.97. The van der Waals surface area contributed by atoms with E-state index < -0.39 is 0 Å². The van der Waals surface area contributed by atoms with Crippen LogP contribution >= 0.6 is 70.6 Å². The third-order valence-corrected chi connectivity index (χ3v) is 9.93. The molecule has 0 N–H and O–H groups in total. The van der Waals surface area contributed by atoms with Gasteiger partial charge in [0.1, 0.15) is 0 Å². The van der Waals surface area contributed by atoms with Crippen molar-refractivity contribution < 1.29 is 0 Å². The van der Waals surface area contributed by atoms with Crippen LogP contribution in [0.5, 0.6) is 0 Å². The minimum Gasteiger partial charge on any atom is -0.161 e. The summed E-state index contributed by atoms with van der Waals surface area (Å²) in [6, 6.07) is 0. The van der Waals surface area contributed by atoms with Crippen LogP contribution in [0.15, 0.2) is 0 Å². The van der Waals surface area contributed by atoms with Gasteiger partial charge in [-0.25, -0.2) is 0 Å². The Hall–Kier alpha value is 2.10. The van der Waals surface area contributed by atoms with Crippen molar-refractivity contribution in [2.24, 2.45) is 0 Å². The van der Waals surface area contributed by atoms with E-state index in [1.807, 2.05) is 0 Å². The van der Waals surface area contributed by atoms with E-state index in [1.165, 1.54) is 81.9 Å². The Bertz CT molecular complexity index is 104. The van der Waals surface area contributed by atoms with Crippen LogP contribution in [0.1, 0.15) is 12.8 Å². The third kappa shape index (κ3) is 15.0. The molecule has 0 nitrogen and oxygen atoms in total. The van der Waals surface area contributed by atoms with Gasteiger partial charge in [-0.2, -0.15) is 70.6 Å². The fourth-order valence-electron chi connectivity index (χ4n) is 1.61. The van der Waals surface area contributed by atoms with Gasteiger partial charge in [-0.3, -0.25) is 0 Å². The number of hydrogen-bond donors (Lipinski definition) is 0. The highest BCUT2D eigenvalue weighted by molar-refractivity contribution is 8.05. The fraction of sp³-hybridized carbons (Fsp3) is 1.00. The molecule has 1 heterocycles. The predicted octanol–water partition coefficient (Wildman–Crippen LogP) is 5.18. The topological polar surface area (TPSA) is 0 Å².